The van der Waals surface area contributed by atoms with Crippen LogP contribution < -0.4 is 10.6 Å². The quantitative estimate of drug-likeness (QED) is 0.752. The molecule has 2 aromatic heterocycles. The Kier molecular flexibility index (Phi) is 4.94. The third-order valence-electron chi connectivity index (χ3n) is 5.00. The van der Waals surface area contributed by atoms with Gasteiger partial charge in [-0.15, -0.1) is 11.3 Å². The number of carbonyl (C=O) groups is 1. The molecule has 0 atom stereocenters. The lowest BCUT2D eigenvalue weighted by Crippen LogP contribution is -2.49. The summed E-state index contributed by atoms with van der Waals surface area (Å²) < 4.78 is 0. The van der Waals surface area contributed by atoms with Crippen LogP contribution in [-0.2, 0) is 11.2 Å². The molecule has 1 aromatic carbocycles. The van der Waals surface area contributed by atoms with Crippen molar-refractivity contribution in [1.82, 2.24) is 14.9 Å². The average Bonchev–Trinajstić information content (AvgIpc) is 3.15. The molecule has 0 radical (unpaired) electrons. The van der Waals surface area contributed by atoms with Crippen molar-refractivity contribution < 1.29 is 4.79 Å². The van der Waals surface area contributed by atoms with Gasteiger partial charge < -0.3 is 15.5 Å². The lowest BCUT2D eigenvalue weighted by atomic mass is 10.1. The lowest BCUT2D eigenvalue weighted by Gasteiger charge is -2.35. The molecule has 6 nitrogen and oxygen atoms in total. The van der Waals surface area contributed by atoms with Crippen LogP contribution in [0.5, 0.6) is 0 Å². The van der Waals surface area contributed by atoms with Crippen molar-refractivity contribution >= 4 is 39.2 Å². The number of thiophene rings is 1. The average molecular weight is 382 g/mol. The number of nitrogens with zero attached hydrogens (tertiary/aromatic N) is 4. The first-order chi connectivity index (χ1) is 13.1. The van der Waals surface area contributed by atoms with Crippen molar-refractivity contribution in [3.63, 3.8) is 0 Å². The van der Waals surface area contributed by atoms with Crippen molar-refractivity contribution in [2.75, 3.05) is 36.8 Å². The second-order valence-corrected chi connectivity index (χ2v) is 7.79. The van der Waals surface area contributed by atoms with Crippen LogP contribution in [-0.4, -0.2) is 47.0 Å². The van der Waals surface area contributed by atoms with Crippen LogP contribution in [0, 0.1) is 6.92 Å². The Hall–Kier alpha value is -2.67. The Morgan fingerprint density at radius 2 is 1.85 bits per heavy atom. The Bertz CT molecular complexity index is 945. The molecule has 0 bridgehead atoms. The first kappa shape index (κ1) is 17.7. The van der Waals surface area contributed by atoms with Gasteiger partial charge in [-0.1, -0.05) is 29.8 Å². The molecule has 0 spiro atoms. The van der Waals surface area contributed by atoms with Crippen LogP contribution in [0.25, 0.3) is 10.2 Å². The third-order valence-corrected chi connectivity index (χ3v) is 5.81. The molecule has 3 heterocycles. The fourth-order valence-electron chi connectivity index (χ4n) is 3.43. The smallest absolute Gasteiger partial charge is 0.223 e. The van der Waals surface area contributed by atoms with Crippen molar-refractivity contribution in [1.29, 1.82) is 0 Å². The third kappa shape index (κ3) is 3.88. The predicted molar refractivity (Wildman–Crippen MR) is 110 cm³/mol. The van der Waals surface area contributed by atoms with Crippen molar-refractivity contribution in [3.8, 4) is 0 Å². The van der Waals surface area contributed by atoms with Crippen LogP contribution in [0.2, 0.25) is 0 Å². The van der Waals surface area contributed by atoms with E-state index in [9.17, 15) is 4.79 Å². The highest BCUT2D eigenvalue weighted by atomic mass is 32.1. The maximum absolute atomic E-state index is 12.6. The fraction of sp³-hybridized carbons (Fsp3) is 0.350. The Morgan fingerprint density at radius 1 is 1.11 bits per heavy atom. The van der Waals surface area contributed by atoms with Gasteiger partial charge in [0, 0.05) is 32.6 Å². The van der Waals surface area contributed by atoms with E-state index in [1.807, 2.05) is 16.3 Å². The van der Waals surface area contributed by atoms with E-state index in [0.717, 1.165) is 35.5 Å². The highest BCUT2D eigenvalue weighted by molar-refractivity contribution is 7.16. The van der Waals surface area contributed by atoms with Crippen LogP contribution >= 0.6 is 11.3 Å². The first-order valence-electron chi connectivity index (χ1n) is 9.19. The molecule has 0 saturated carbocycles. The van der Waals surface area contributed by atoms with Gasteiger partial charge in [0.25, 0.3) is 0 Å². The zero-order valence-corrected chi connectivity index (χ0v) is 16.2. The van der Waals surface area contributed by atoms with E-state index in [4.69, 9.17) is 5.73 Å². The maximum atomic E-state index is 12.6. The summed E-state index contributed by atoms with van der Waals surface area (Å²) in [4.78, 5) is 26.4. The largest absolute Gasteiger partial charge is 0.368 e. The van der Waals surface area contributed by atoms with Gasteiger partial charge >= 0.3 is 0 Å². The minimum atomic E-state index is 0.220. The molecular formula is C20H23N5OS. The monoisotopic (exact) mass is 381 g/mol. The number of nitrogen functional groups attached to an aromatic ring is 1. The number of benzene rings is 1. The second-order valence-electron chi connectivity index (χ2n) is 6.90. The number of piperazine rings is 1. The van der Waals surface area contributed by atoms with Crippen LogP contribution in [0.15, 0.2) is 35.7 Å². The number of fused-ring (bicyclic) bond motifs is 1. The Balaban J connectivity index is 1.36. The van der Waals surface area contributed by atoms with Crippen LogP contribution in [0.3, 0.4) is 0 Å². The predicted octanol–water partition coefficient (Wildman–Crippen LogP) is 2.86. The number of nitrogens with two attached hydrogens (primary N) is 1. The molecule has 7 heteroatoms. The molecule has 4 rings (SSSR count). The summed E-state index contributed by atoms with van der Waals surface area (Å²) in [6.45, 7) is 5.02. The molecule has 1 amide bonds. The zero-order chi connectivity index (χ0) is 18.8. The van der Waals surface area contributed by atoms with Crippen LogP contribution in [0.1, 0.15) is 17.5 Å². The highest BCUT2D eigenvalue weighted by Crippen LogP contribution is 2.29. The van der Waals surface area contributed by atoms with Gasteiger partial charge in [-0.05, 0) is 30.4 Å². The molecule has 1 aliphatic rings. The lowest BCUT2D eigenvalue weighted by molar-refractivity contribution is -0.131. The number of aryl methyl sites for hydroxylation is 2. The van der Waals surface area contributed by atoms with Gasteiger partial charge in [-0.2, -0.15) is 4.98 Å². The van der Waals surface area contributed by atoms with Gasteiger partial charge in [0.2, 0.25) is 11.9 Å². The van der Waals surface area contributed by atoms with Gasteiger partial charge in [-0.25, -0.2) is 4.98 Å². The standard InChI is InChI=1S/C20H23N5OS/c1-14-2-4-15(5-3-14)6-7-17(26)24-9-11-25(12-10-24)18-16-8-13-27-19(16)23-20(21)22-18/h2-5,8,13H,6-7,9-12H2,1H3,(H2,21,22,23). The first-order valence-corrected chi connectivity index (χ1v) is 10.1. The van der Waals surface area contributed by atoms with E-state index in [2.05, 4.69) is 46.1 Å². The van der Waals surface area contributed by atoms with E-state index < -0.39 is 0 Å². The molecule has 2 N–H and O–H groups in total. The van der Waals surface area contributed by atoms with Gasteiger partial charge in [-0.3, -0.25) is 4.79 Å². The number of carbonyl (C=O) groups excluding carboxylic acids is 1. The molecule has 140 valence electrons. The van der Waals surface area contributed by atoms with E-state index in [0.29, 0.717) is 25.5 Å². The number of rotatable bonds is 4. The summed E-state index contributed by atoms with van der Waals surface area (Å²) in [5.74, 6) is 1.40. The molecule has 27 heavy (non-hydrogen) atoms. The summed E-state index contributed by atoms with van der Waals surface area (Å²) in [5.41, 5.74) is 8.32. The SMILES string of the molecule is Cc1ccc(CCC(=O)N2CCN(c3nc(N)nc4sccc34)CC2)cc1. The molecule has 1 saturated heterocycles. The molecule has 1 aliphatic heterocycles. The fourth-order valence-corrected chi connectivity index (χ4v) is 4.19. The van der Waals surface area contributed by atoms with Crippen molar-refractivity contribution in [2.45, 2.75) is 19.8 Å². The molecule has 0 unspecified atom stereocenters. The van der Waals surface area contributed by atoms with Crippen LogP contribution in [0.4, 0.5) is 11.8 Å². The number of anilines is 2. The summed E-state index contributed by atoms with van der Waals surface area (Å²) in [6.07, 6.45) is 1.34. The molecule has 3 aromatic rings. The van der Waals surface area contributed by atoms with E-state index in [1.165, 1.54) is 11.1 Å². The minimum Gasteiger partial charge on any atom is -0.368 e. The number of hydrogen-bond acceptors (Lipinski definition) is 6. The molecule has 0 aliphatic carbocycles. The zero-order valence-electron chi connectivity index (χ0n) is 15.4. The molecule has 1 fully saturated rings. The van der Waals surface area contributed by atoms with E-state index in [-0.39, 0.29) is 5.91 Å². The summed E-state index contributed by atoms with van der Waals surface area (Å²) in [5, 5.41) is 3.04. The van der Waals surface area contributed by atoms with E-state index >= 15 is 0 Å². The summed E-state index contributed by atoms with van der Waals surface area (Å²) in [7, 11) is 0. The number of aromatic nitrogens is 2. The topological polar surface area (TPSA) is 75.4 Å². The van der Waals surface area contributed by atoms with Crippen molar-refractivity contribution in [3.05, 3.63) is 46.8 Å². The maximum Gasteiger partial charge on any atom is 0.223 e. The Morgan fingerprint density at radius 3 is 2.59 bits per heavy atom. The second kappa shape index (κ2) is 7.52. The molecular weight excluding hydrogens is 358 g/mol. The Labute approximate surface area is 162 Å². The number of hydrogen-bond donors (Lipinski definition) is 1. The summed E-state index contributed by atoms with van der Waals surface area (Å²) in [6, 6.07) is 10.4. The van der Waals surface area contributed by atoms with E-state index in [1.54, 1.807) is 11.3 Å². The minimum absolute atomic E-state index is 0.220. The van der Waals surface area contributed by atoms with Gasteiger partial charge in [0.1, 0.15) is 10.6 Å². The van der Waals surface area contributed by atoms with Gasteiger partial charge in [0.05, 0.1) is 5.39 Å². The highest BCUT2D eigenvalue weighted by Gasteiger charge is 2.23. The summed E-state index contributed by atoms with van der Waals surface area (Å²) >= 11 is 1.57. The van der Waals surface area contributed by atoms with Gasteiger partial charge in [0.15, 0.2) is 0 Å². The number of amides is 1. The normalized spacial score (nSPS) is 14.7. The van der Waals surface area contributed by atoms with Crippen molar-refractivity contribution in [2.24, 2.45) is 0 Å².